The first-order chi connectivity index (χ1) is 5.42. The molecule has 4 nitrogen and oxygen atoms in total. The van der Waals surface area contributed by atoms with Crippen LogP contribution in [-0.2, 0) is 6.54 Å². The summed E-state index contributed by atoms with van der Waals surface area (Å²) in [6, 6.07) is 3.75. The molecule has 0 aromatic carbocycles. The minimum absolute atomic E-state index is 0.452. The van der Waals surface area contributed by atoms with Crippen LogP contribution in [0.15, 0.2) is 18.3 Å². The average Bonchev–Trinajstić information content (AvgIpc) is 2.47. The third-order valence-corrected chi connectivity index (χ3v) is 1.59. The number of nitrogens with two attached hydrogens (primary N) is 1. The van der Waals surface area contributed by atoms with Crippen molar-refractivity contribution in [2.45, 2.75) is 6.54 Å². The Morgan fingerprint density at radius 1 is 1.55 bits per heavy atom. The molecule has 2 aromatic rings. The van der Waals surface area contributed by atoms with E-state index >= 15 is 0 Å². The summed E-state index contributed by atoms with van der Waals surface area (Å²) in [7, 11) is 0. The van der Waals surface area contributed by atoms with Gasteiger partial charge in [-0.3, -0.25) is 10.1 Å². The molecule has 56 valence electrons. The van der Waals surface area contributed by atoms with Crippen LogP contribution in [0.2, 0.25) is 0 Å². The largest absolute Gasteiger partial charge is 0.325 e. The highest BCUT2D eigenvalue weighted by atomic mass is 15.1. The molecule has 0 fully saturated rings. The summed E-state index contributed by atoms with van der Waals surface area (Å²) in [5, 5.41) is 6.85. The van der Waals surface area contributed by atoms with Crippen LogP contribution in [-0.4, -0.2) is 15.2 Å². The van der Waals surface area contributed by atoms with Crippen molar-refractivity contribution in [1.82, 2.24) is 15.2 Å². The number of fused-ring (bicyclic) bond motifs is 1. The van der Waals surface area contributed by atoms with Gasteiger partial charge in [0.15, 0.2) is 0 Å². The Hall–Kier alpha value is -1.42. The van der Waals surface area contributed by atoms with Crippen LogP contribution >= 0.6 is 0 Å². The number of aromatic nitrogens is 3. The van der Waals surface area contributed by atoms with Gasteiger partial charge < -0.3 is 5.73 Å². The average molecular weight is 148 g/mol. The number of hydrogen-bond acceptors (Lipinski definition) is 3. The van der Waals surface area contributed by atoms with Crippen LogP contribution < -0.4 is 5.73 Å². The highest BCUT2D eigenvalue weighted by Gasteiger charge is 2.01. The van der Waals surface area contributed by atoms with Crippen molar-refractivity contribution in [3.05, 3.63) is 24.0 Å². The van der Waals surface area contributed by atoms with E-state index in [-0.39, 0.29) is 0 Å². The Labute approximate surface area is 63.4 Å². The van der Waals surface area contributed by atoms with Crippen LogP contribution in [0.3, 0.4) is 0 Å². The van der Waals surface area contributed by atoms with Gasteiger partial charge in [-0.1, -0.05) is 0 Å². The summed E-state index contributed by atoms with van der Waals surface area (Å²) in [5.74, 6) is 0. The van der Waals surface area contributed by atoms with Crippen LogP contribution in [0.4, 0.5) is 0 Å². The maximum Gasteiger partial charge on any atom is 0.113 e. The molecule has 0 saturated heterocycles. The summed E-state index contributed by atoms with van der Waals surface area (Å²) < 4.78 is 0. The maximum atomic E-state index is 5.45. The fourth-order valence-electron chi connectivity index (χ4n) is 1.04. The molecule has 0 unspecified atom stereocenters. The number of nitrogens with one attached hydrogen (secondary N) is 1. The molecule has 2 aromatic heterocycles. The monoisotopic (exact) mass is 148 g/mol. The van der Waals surface area contributed by atoms with E-state index in [1.165, 1.54) is 0 Å². The van der Waals surface area contributed by atoms with Crippen molar-refractivity contribution >= 4 is 11.0 Å². The molecule has 0 spiro atoms. The zero-order chi connectivity index (χ0) is 7.68. The van der Waals surface area contributed by atoms with E-state index in [9.17, 15) is 0 Å². The van der Waals surface area contributed by atoms with Crippen LogP contribution in [0.5, 0.6) is 0 Å². The van der Waals surface area contributed by atoms with Crippen LogP contribution in [0.1, 0.15) is 5.69 Å². The third kappa shape index (κ3) is 0.877. The summed E-state index contributed by atoms with van der Waals surface area (Å²) in [4.78, 5) is 4.14. The van der Waals surface area contributed by atoms with Crippen molar-refractivity contribution < 1.29 is 0 Å². The summed E-state index contributed by atoms with van der Waals surface area (Å²) >= 11 is 0. The molecule has 0 aliphatic heterocycles. The van der Waals surface area contributed by atoms with Crippen LogP contribution in [0, 0.1) is 0 Å². The summed E-state index contributed by atoms with van der Waals surface area (Å²) in [6.07, 6.45) is 1.73. The molecule has 0 bridgehead atoms. The standard InChI is InChI=1S/C7H8N4/c8-4-6-7-5(10-11-6)2-1-3-9-7/h1-3H,4,8H2,(H,10,11). The number of pyridine rings is 1. The van der Waals surface area contributed by atoms with Crippen LogP contribution in [0.25, 0.3) is 11.0 Å². The lowest BCUT2D eigenvalue weighted by atomic mass is 10.3. The zero-order valence-electron chi connectivity index (χ0n) is 5.91. The lowest BCUT2D eigenvalue weighted by molar-refractivity contribution is 0.956. The predicted molar refractivity (Wildman–Crippen MR) is 41.8 cm³/mol. The minimum Gasteiger partial charge on any atom is -0.325 e. The zero-order valence-corrected chi connectivity index (χ0v) is 5.91. The number of nitrogens with zero attached hydrogens (tertiary/aromatic N) is 2. The first-order valence-electron chi connectivity index (χ1n) is 3.40. The first-order valence-corrected chi connectivity index (χ1v) is 3.40. The Morgan fingerprint density at radius 3 is 3.27 bits per heavy atom. The predicted octanol–water partition coefficient (Wildman–Crippen LogP) is 0.417. The molecule has 3 N–H and O–H groups in total. The lowest BCUT2D eigenvalue weighted by Crippen LogP contribution is -1.97. The van der Waals surface area contributed by atoms with E-state index in [1.54, 1.807) is 6.20 Å². The molecule has 0 atom stereocenters. The van der Waals surface area contributed by atoms with E-state index in [0.29, 0.717) is 6.54 Å². The van der Waals surface area contributed by atoms with Gasteiger partial charge in [0, 0.05) is 12.7 Å². The maximum absolute atomic E-state index is 5.45. The first kappa shape index (κ1) is 6.30. The number of hydrogen-bond donors (Lipinski definition) is 2. The van der Waals surface area contributed by atoms with E-state index in [4.69, 9.17) is 5.73 Å². The van der Waals surface area contributed by atoms with Gasteiger partial charge in [-0.2, -0.15) is 5.10 Å². The van der Waals surface area contributed by atoms with Gasteiger partial charge in [-0.15, -0.1) is 0 Å². The van der Waals surface area contributed by atoms with Gasteiger partial charge in [-0.05, 0) is 12.1 Å². The topological polar surface area (TPSA) is 67.6 Å². The van der Waals surface area contributed by atoms with Gasteiger partial charge in [0.2, 0.25) is 0 Å². The molecule has 0 aliphatic rings. The van der Waals surface area contributed by atoms with Gasteiger partial charge >= 0.3 is 0 Å². The normalized spacial score (nSPS) is 10.6. The molecule has 2 heterocycles. The van der Waals surface area contributed by atoms with Crippen molar-refractivity contribution in [3.63, 3.8) is 0 Å². The van der Waals surface area contributed by atoms with E-state index in [0.717, 1.165) is 16.7 Å². The SMILES string of the molecule is NCc1[nH]nc2cccnc12. The Bertz CT molecular complexity index is 365. The van der Waals surface area contributed by atoms with E-state index < -0.39 is 0 Å². The molecule has 2 rings (SSSR count). The second-order valence-corrected chi connectivity index (χ2v) is 2.28. The molecule has 0 amide bonds. The molecule has 4 heteroatoms. The highest BCUT2D eigenvalue weighted by molar-refractivity contribution is 5.76. The number of aromatic amines is 1. The van der Waals surface area contributed by atoms with E-state index in [1.807, 2.05) is 12.1 Å². The molecule has 0 aliphatic carbocycles. The molecule has 11 heavy (non-hydrogen) atoms. The van der Waals surface area contributed by atoms with Gasteiger partial charge in [0.25, 0.3) is 0 Å². The van der Waals surface area contributed by atoms with Gasteiger partial charge in [-0.25, -0.2) is 0 Å². The molecular weight excluding hydrogens is 140 g/mol. The van der Waals surface area contributed by atoms with Gasteiger partial charge in [0.05, 0.1) is 5.69 Å². The highest BCUT2D eigenvalue weighted by Crippen LogP contribution is 2.10. The Morgan fingerprint density at radius 2 is 2.45 bits per heavy atom. The van der Waals surface area contributed by atoms with E-state index in [2.05, 4.69) is 15.2 Å². The molecule has 0 saturated carbocycles. The lowest BCUT2D eigenvalue weighted by Gasteiger charge is -1.88. The fourth-order valence-corrected chi connectivity index (χ4v) is 1.04. The van der Waals surface area contributed by atoms with Crippen molar-refractivity contribution in [2.24, 2.45) is 5.73 Å². The van der Waals surface area contributed by atoms with Crippen molar-refractivity contribution in [1.29, 1.82) is 0 Å². The summed E-state index contributed by atoms with van der Waals surface area (Å²) in [5.41, 5.74) is 8.08. The molecular formula is C7H8N4. The third-order valence-electron chi connectivity index (χ3n) is 1.59. The molecule has 0 radical (unpaired) electrons. The van der Waals surface area contributed by atoms with Crippen molar-refractivity contribution in [2.75, 3.05) is 0 Å². The Kier molecular flexibility index (Phi) is 1.33. The minimum atomic E-state index is 0.452. The summed E-state index contributed by atoms with van der Waals surface area (Å²) in [6.45, 7) is 0.452. The number of rotatable bonds is 1. The van der Waals surface area contributed by atoms with Gasteiger partial charge in [0.1, 0.15) is 11.0 Å². The quantitative estimate of drug-likeness (QED) is 0.615. The second kappa shape index (κ2) is 2.32. The Balaban J connectivity index is 2.76. The second-order valence-electron chi connectivity index (χ2n) is 2.28. The van der Waals surface area contributed by atoms with Crippen molar-refractivity contribution in [3.8, 4) is 0 Å². The fraction of sp³-hybridized carbons (Fsp3) is 0.143. The number of H-pyrrole nitrogens is 1. The smallest absolute Gasteiger partial charge is 0.113 e.